The molecule has 78 valence electrons. The fourth-order valence-electron chi connectivity index (χ4n) is 1.44. The molecule has 0 saturated heterocycles. The van der Waals surface area contributed by atoms with Crippen LogP contribution in [0.25, 0.3) is 0 Å². The van der Waals surface area contributed by atoms with Gasteiger partial charge in [-0.1, -0.05) is 12.1 Å². The molecule has 0 bridgehead atoms. The van der Waals surface area contributed by atoms with E-state index in [2.05, 4.69) is 5.32 Å². The first-order chi connectivity index (χ1) is 7.16. The molecule has 1 aromatic rings. The minimum atomic E-state index is -1.47. The zero-order valence-corrected chi connectivity index (χ0v) is 8.06. The molecule has 1 aromatic carbocycles. The Morgan fingerprint density at radius 1 is 1.20 bits per heavy atom. The largest absolute Gasteiger partial charge is 0.474 e. The third-order valence-corrected chi connectivity index (χ3v) is 2.41. The second kappa shape index (κ2) is 3.73. The first-order valence-corrected chi connectivity index (χ1v) is 4.81. The van der Waals surface area contributed by atoms with Crippen molar-refractivity contribution in [1.82, 2.24) is 0 Å². The third-order valence-electron chi connectivity index (χ3n) is 2.41. The Kier molecular flexibility index (Phi) is 2.41. The minimum absolute atomic E-state index is 0.520. The first-order valence-electron chi connectivity index (χ1n) is 4.81. The van der Waals surface area contributed by atoms with Gasteiger partial charge in [0.2, 0.25) is 0 Å². The van der Waals surface area contributed by atoms with Crippen LogP contribution in [0.15, 0.2) is 24.3 Å². The number of aliphatic carboxylic acids is 1. The molecule has 0 spiro atoms. The molecule has 2 N–H and O–H groups in total. The molecular weight excluding hydrogens is 194 g/mol. The Hall–Kier alpha value is -1.84. The van der Waals surface area contributed by atoms with E-state index in [4.69, 9.17) is 5.11 Å². The molecule has 1 saturated carbocycles. The number of anilines is 1. The Morgan fingerprint density at radius 2 is 1.80 bits per heavy atom. The molecule has 0 heterocycles. The Balaban J connectivity index is 2.03. The summed E-state index contributed by atoms with van der Waals surface area (Å²) in [6.07, 6.45) is 2.45. The minimum Gasteiger partial charge on any atom is -0.474 e. The molecule has 2 rings (SSSR count). The molecule has 0 radical (unpaired) electrons. The van der Waals surface area contributed by atoms with Crippen molar-refractivity contribution in [2.75, 3.05) is 5.32 Å². The van der Waals surface area contributed by atoms with Gasteiger partial charge in [-0.25, -0.2) is 4.79 Å². The van der Waals surface area contributed by atoms with Crippen molar-refractivity contribution in [2.24, 2.45) is 0 Å². The number of hydrogen-bond donors (Lipinski definition) is 2. The fraction of sp³-hybridized carbons (Fsp3) is 0.273. The lowest BCUT2D eigenvalue weighted by molar-refractivity contribution is -0.147. The first kappa shape index (κ1) is 9.71. The topological polar surface area (TPSA) is 66.4 Å². The average Bonchev–Trinajstić information content (AvgIpc) is 3.02. The number of nitrogens with one attached hydrogen (secondary N) is 1. The van der Waals surface area contributed by atoms with Crippen molar-refractivity contribution in [2.45, 2.75) is 18.8 Å². The summed E-state index contributed by atoms with van der Waals surface area (Å²) in [6.45, 7) is 0. The number of carboxylic acids is 1. The summed E-state index contributed by atoms with van der Waals surface area (Å²) in [6, 6.07) is 7.31. The van der Waals surface area contributed by atoms with Crippen LogP contribution in [0.2, 0.25) is 0 Å². The number of hydrogen-bond acceptors (Lipinski definition) is 2. The van der Waals surface area contributed by atoms with Crippen LogP contribution in [0.5, 0.6) is 0 Å². The fourth-order valence-corrected chi connectivity index (χ4v) is 1.44. The van der Waals surface area contributed by atoms with Crippen LogP contribution in [0.4, 0.5) is 5.69 Å². The van der Waals surface area contributed by atoms with Crippen LogP contribution in [0.3, 0.4) is 0 Å². The Morgan fingerprint density at radius 3 is 2.27 bits per heavy atom. The van der Waals surface area contributed by atoms with E-state index in [9.17, 15) is 9.59 Å². The molecule has 0 aliphatic heterocycles. The van der Waals surface area contributed by atoms with Crippen molar-refractivity contribution < 1.29 is 14.7 Å². The molecule has 1 aliphatic carbocycles. The molecule has 4 heteroatoms. The van der Waals surface area contributed by atoms with Gasteiger partial charge in [0, 0.05) is 5.69 Å². The van der Waals surface area contributed by atoms with E-state index >= 15 is 0 Å². The van der Waals surface area contributed by atoms with Crippen molar-refractivity contribution in [3.05, 3.63) is 29.8 Å². The summed E-state index contributed by atoms with van der Waals surface area (Å²) in [5.74, 6) is -1.82. The van der Waals surface area contributed by atoms with Gasteiger partial charge in [0.05, 0.1) is 0 Å². The molecule has 0 unspecified atom stereocenters. The van der Waals surface area contributed by atoms with E-state index in [1.807, 2.05) is 12.1 Å². The van der Waals surface area contributed by atoms with Gasteiger partial charge in [-0.3, -0.25) is 4.79 Å². The van der Waals surface area contributed by atoms with Crippen molar-refractivity contribution in [3.8, 4) is 0 Å². The highest BCUT2D eigenvalue weighted by molar-refractivity contribution is 6.36. The number of carbonyl (C=O) groups is 2. The lowest BCUT2D eigenvalue weighted by Crippen LogP contribution is -2.21. The zero-order chi connectivity index (χ0) is 10.8. The molecular formula is C11H11NO3. The predicted molar refractivity (Wildman–Crippen MR) is 54.7 cm³/mol. The Bertz CT molecular complexity index is 393. The van der Waals surface area contributed by atoms with E-state index in [1.54, 1.807) is 12.1 Å². The number of rotatable bonds is 2. The summed E-state index contributed by atoms with van der Waals surface area (Å²) in [5.41, 5.74) is 1.77. The van der Waals surface area contributed by atoms with E-state index < -0.39 is 11.9 Å². The smallest absolute Gasteiger partial charge is 0.394 e. The number of benzene rings is 1. The van der Waals surface area contributed by atoms with Gasteiger partial charge in [-0.2, -0.15) is 0 Å². The van der Waals surface area contributed by atoms with Crippen LogP contribution < -0.4 is 5.32 Å². The summed E-state index contributed by atoms with van der Waals surface area (Å²) in [4.78, 5) is 21.1. The number of carbonyl (C=O) groups excluding carboxylic acids is 1. The third kappa shape index (κ3) is 2.34. The summed E-state index contributed by atoms with van der Waals surface area (Å²) < 4.78 is 0. The van der Waals surface area contributed by atoms with Gasteiger partial charge in [-0.05, 0) is 36.5 Å². The van der Waals surface area contributed by atoms with Crippen molar-refractivity contribution in [3.63, 3.8) is 0 Å². The standard InChI is InChI=1S/C11H11NO3/c13-10(11(14)15)12-9-5-3-8(4-6-9)7-1-2-7/h3-7H,1-2H2,(H,12,13)(H,14,15). The quantitative estimate of drug-likeness (QED) is 0.720. The number of amides is 1. The normalized spacial score (nSPS) is 14.7. The van der Waals surface area contributed by atoms with Gasteiger partial charge in [0.25, 0.3) is 0 Å². The van der Waals surface area contributed by atoms with Gasteiger partial charge in [0.1, 0.15) is 0 Å². The van der Waals surface area contributed by atoms with E-state index in [0.29, 0.717) is 11.6 Å². The molecule has 1 amide bonds. The van der Waals surface area contributed by atoms with Crippen molar-refractivity contribution >= 4 is 17.6 Å². The monoisotopic (exact) mass is 205 g/mol. The highest BCUT2D eigenvalue weighted by atomic mass is 16.4. The highest BCUT2D eigenvalue weighted by Gasteiger charge is 2.23. The lowest BCUT2D eigenvalue weighted by atomic mass is 10.1. The predicted octanol–water partition coefficient (Wildman–Crippen LogP) is 1.59. The summed E-state index contributed by atoms with van der Waals surface area (Å²) in [7, 11) is 0. The SMILES string of the molecule is O=C(O)C(=O)Nc1ccc(C2CC2)cc1. The maximum absolute atomic E-state index is 10.8. The maximum atomic E-state index is 10.8. The highest BCUT2D eigenvalue weighted by Crippen LogP contribution is 2.40. The van der Waals surface area contributed by atoms with Crippen LogP contribution in [0, 0.1) is 0 Å². The average molecular weight is 205 g/mol. The molecule has 1 fully saturated rings. The van der Waals surface area contributed by atoms with Gasteiger partial charge in [-0.15, -0.1) is 0 Å². The van der Waals surface area contributed by atoms with Gasteiger partial charge >= 0.3 is 11.9 Å². The van der Waals surface area contributed by atoms with E-state index in [0.717, 1.165) is 0 Å². The van der Waals surface area contributed by atoms with Crippen molar-refractivity contribution in [1.29, 1.82) is 0 Å². The van der Waals surface area contributed by atoms with E-state index in [1.165, 1.54) is 18.4 Å². The van der Waals surface area contributed by atoms with Crippen LogP contribution in [-0.2, 0) is 9.59 Å². The second-order valence-corrected chi connectivity index (χ2v) is 3.66. The van der Waals surface area contributed by atoms with Crippen LogP contribution in [-0.4, -0.2) is 17.0 Å². The Labute approximate surface area is 86.9 Å². The molecule has 0 atom stereocenters. The van der Waals surface area contributed by atoms with Crippen LogP contribution in [0.1, 0.15) is 24.3 Å². The number of carboxylic acid groups (broad SMARTS) is 1. The van der Waals surface area contributed by atoms with Crippen LogP contribution >= 0.6 is 0 Å². The zero-order valence-electron chi connectivity index (χ0n) is 8.06. The molecule has 1 aliphatic rings. The second-order valence-electron chi connectivity index (χ2n) is 3.66. The van der Waals surface area contributed by atoms with E-state index in [-0.39, 0.29) is 0 Å². The lowest BCUT2D eigenvalue weighted by Gasteiger charge is -2.03. The summed E-state index contributed by atoms with van der Waals surface area (Å²) >= 11 is 0. The molecule has 0 aromatic heterocycles. The van der Waals surface area contributed by atoms with Gasteiger partial charge in [0.15, 0.2) is 0 Å². The molecule has 15 heavy (non-hydrogen) atoms. The summed E-state index contributed by atoms with van der Waals surface area (Å²) in [5, 5.41) is 10.7. The molecule has 4 nitrogen and oxygen atoms in total. The maximum Gasteiger partial charge on any atom is 0.394 e. The van der Waals surface area contributed by atoms with Gasteiger partial charge < -0.3 is 10.4 Å².